The molecular formula is C14H23N3O2S. The van der Waals surface area contributed by atoms with Gasteiger partial charge < -0.3 is 9.67 Å². The molecule has 5 nitrogen and oxygen atoms in total. The largest absolute Gasteiger partial charge is 0.481 e. The third-order valence-electron chi connectivity index (χ3n) is 5.12. The third kappa shape index (κ3) is 2.45. The van der Waals surface area contributed by atoms with Crippen LogP contribution in [0.5, 0.6) is 0 Å². The Labute approximate surface area is 124 Å². The van der Waals surface area contributed by atoms with Crippen LogP contribution >= 0.6 is 11.8 Å². The Hall–Kier alpha value is -1.04. The van der Waals surface area contributed by atoms with E-state index in [0.29, 0.717) is 16.7 Å². The van der Waals surface area contributed by atoms with E-state index in [2.05, 4.69) is 49.4 Å². The maximum absolute atomic E-state index is 10.7. The summed E-state index contributed by atoms with van der Waals surface area (Å²) in [5.74, 6) is 0.714. The van der Waals surface area contributed by atoms with Crippen molar-refractivity contribution < 1.29 is 9.90 Å². The zero-order valence-electron chi connectivity index (χ0n) is 12.8. The second kappa shape index (κ2) is 5.06. The Morgan fingerprint density at radius 2 is 1.90 bits per heavy atom. The molecule has 0 saturated heterocycles. The molecule has 1 N–H and O–H groups in total. The molecule has 1 aliphatic rings. The predicted molar refractivity (Wildman–Crippen MR) is 78.8 cm³/mol. The maximum Gasteiger partial charge on any atom is 0.313 e. The quantitative estimate of drug-likeness (QED) is 0.818. The lowest BCUT2D eigenvalue weighted by Gasteiger charge is -2.10. The Kier molecular flexibility index (Phi) is 3.88. The number of hydrogen-bond donors (Lipinski definition) is 1. The van der Waals surface area contributed by atoms with Gasteiger partial charge in [-0.1, -0.05) is 46.4 Å². The molecule has 0 amide bonds. The topological polar surface area (TPSA) is 68.0 Å². The summed E-state index contributed by atoms with van der Waals surface area (Å²) in [4.78, 5) is 10.7. The van der Waals surface area contributed by atoms with Gasteiger partial charge in [0.15, 0.2) is 5.16 Å². The molecule has 1 aliphatic carbocycles. The summed E-state index contributed by atoms with van der Waals surface area (Å²) in [5, 5.41) is 17.9. The number of carbonyl (C=O) groups is 1. The number of aliphatic carboxylic acids is 1. The minimum Gasteiger partial charge on any atom is -0.481 e. The zero-order valence-corrected chi connectivity index (χ0v) is 13.6. The summed E-state index contributed by atoms with van der Waals surface area (Å²) in [6.07, 6.45) is 0.814. The van der Waals surface area contributed by atoms with Crippen LogP contribution in [0.4, 0.5) is 0 Å². The van der Waals surface area contributed by atoms with Crippen molar-refractivity contribution in [2.75, 3.05) is 5.75 Å². The lowest BCUT2D eigenvalue weighted by Crippen LogP contribution is -2.10. The highest BCUT2D eigenvalue weighted by molar-refractivity contribution is 7.99. The van der Waals surface area contributed by atoms with Crippen molar-refractivity contribution in [1.82, 2.24) is 14.8 Å². The molecule has 0 atom stereocenters. The Bertz CT molecular complexity index is 508. The third-order valence-corrected chi connectivity index (χ3v) is 6.07. The Balaban J connectivity index is 2.18. The van der Waals surface area contributed by atoms with Gasteiger partial charge in [0, 0.05) is 13.0 Å². The highest BCUT2D eigenvalue weighted by Gasteiger charge is 2.64. The monoisotopic (exact) mass is 297 g/mol. The predicted octanol–water partition coefficient (Wildman–Crippen LogP) is 2.70. The number of aromatic nitrogens is 3. The van der Waals surface area contributed by atoms with Crippen molar-refractivity contribution >= 4 is 17.7 Å². The molecule has 2 rings (SSSR count). The highest BCUT2D eigenvalue weighted by atomic mass is 32.2. The summed E-state index contributed by atoms with van der Waals surface area (Å²) in [6, 6.07) is 0. The number of carboxylic acid groups (broad SMARTS) is 1. The van der Waals surface area contributed by atoms with Crippen LogP contribution < -0.4 is 0 Å². The molecule has 1 aromatic rings. The van der Waals surface area contributed by atoms with E-state index in [-0.39, 0.29) is 5.75 Å². The van der Waals surface area contributed by atoms with Crippen LogP contribution in [0.3, 0.4) is 0 Å². The van der Waals surface area contributed by atoms with Gasteiger partial charge in [-0.25, -0.2) is 0 Å². The van der Waals surface area contributed by atoms with Gasteiger partial charge in [0.2, 0.25) is 0 Å². The average molecular weight is 297 g/mol. The van der Waals surface area contributed by atoms with E-state index in [9.17, 15) is 4.79 Å². The standard InChI is InChI=1S/C14H23N3O2S/c1-6-10-15-16-12(20-8-11(18)19)17(10)7-9-13(2,3)14(9,4)5/h9H,6-8H2,1-5H3,(H,18,19). The molecule has 1 fully saturated rings. The first-order valence-corrected chi connectivity index (χ1v) is 7.97. The zero-order chi connectivity index (χ0) is 15.1. The molecule has 0 aliphatic heterocycles. The van der Waals surface area contributed by atoms with Crippen molar-refractivity contribution in [2.45, 2.75) is 52.7 Å². The van der Waals surface area contributed by atoms with Gasteiger partial charge in [-0.15, -0.1) is 10.2 Å². The van der Waals surface area contributed by atoms with Crippen LogP contribution in [0.15, 0.2) is 5.16 Å². The molecule has 0 spiro atoms. The number of carboxylic acids is 1. The minimum absolute atomic E-state index is 0.0271. The van der Waals surface area contributed by atoms with E-state index >= 15 is 0 Å². The number of hydrogen-bond acceptors (Lipinski definition) is 4. The minimum atomic E-state index is -0.824. The molecule has 0 unspecified atom stereocenters. The van der Waals surface area contributed by atoms with E-state index in [0.717, 1.165) is 23.9 Å². The van der Waals surface area contributed by atoms with E-state index < -0.39 is 5.97 Å². The molecule has 112 valence electrons. The maximum atomic E-state index is 10.7. The summed E-state index contributed by atoms with van der Waals surface area (Å²) in [5.41, 5.74) is 0.605. The van der Waals surface area contributed by atoms with Gasteiger partial charge in [-0.05, 0) is 16.7 Å². The second-order valence-electron chi connectivity index (χ2n) is 6.54. The van der Waals surface area contributed by atoms with Crippen molar-refractivity contribution in [1.29, 1.82) is 0 Å². The van der Waals surface area contributed by atoms with Crippen molar-refractivity contribution in [3.05, 3.63) is 5.82 Å². The van der Waals surface area contributed by atoms with Crippen LogP contribution in [0.2, 0.25) is 0 Å². The molecule has 0 aromatic carbocycles. The summed E-state index contributed by atoms with van der Waals surface area (Å²) >= 11 is 1.25. The Morgan fingerprint density at radius 1 is 1.30 bits per heavy atom. The second-order valence-corrected chi connectivity index (χ2v) is 7.48. The van der Waals surface area contributed by atoms with Crippen molar-refractivity contribution in [2.24, 2.45) is 16.7 Å². The van der Waals surface area contributed by atoms with Gasteiger partial charge in [0.25, 0.3) is 0 Å². The van der Waals surface area contributed by atoms with E-state index in [1.807, 2.05) is 0 Å². The lowest BCUT2D eigenvalue weighted by atomic mass is 10.0. The number of rotatable bonds is 6. The number of thioether (sulfide) groups is 1. The molecule has 0 bridgehead atoms. The number of aryl methyl sites for hydroxylation is 1. The van der Waals surface area contributed by atoms with Crippen LogP contribution in [0.25, 0.3) is 0 Å². The lowest BCUT2D eigenvalue weighted by molar-refractivity contribution is -0.133. The fourth-order valence-corrected chi connectivity index (χ4v) is 3.66. The summed E-state index contributed by atoms with van der Waals surface area (Å²) in [6.45, 7) is 12.1. The van der Waals surface area contributed by atoms with Crippen LogP contribution in [0.1, 0.15) is 40.4 Å². The fraction of sp³-hybridized carbons (Fsp3) is 0.786. The SMILES string of the molecule is CCc1nnc(SCC(=O)O)n1CC1C(C)(C)C1(C)C. The molecule has 1 saturated carbocycles. The molecule has 1 aromatic heterocycles. The molecule has 0 radical (unpaired) electrons. The van der Waals surface area contributed by atoms with Gasteiger partial charge in [0.1, 0.15) is 5.82 Å². The van der Waals surface area contributed by atoms with Crippen LogP contribution in [-0.4, -0.2) is 31.6 Å². The molecule has 20 heavy (non-hydrogen) atoms. The van der Waals surface area contributed by atoms with Gasteiger partial charge in [0.05, 0.1) is 5.75 Å². The van der Waals surface area contributed by atoms with Crippen LogP contribution in [0, 0.1) is 16.7 Å². The van der Waals surface area contributed by atoms with Crippen LogP contribution in [-0.2, 0) is 17.8 Å². The van der Waals surface area contributed by atoms with E-state index in [1.165, 1.54) is 11.8 Å². The smallest absolute Gasteiger partial charge is 0.313 e. The Morgan fingerprint density at radius 3 is 2.35 bits per heavy atom. The van der Waals surface area contributed by atoms with Gasteiger partial charge in [-0.3, -0.25) is 4.79 Å². The first-order chi connectivity index (χ1) is 9.21. The number of nitrogens with zero attached hydrogens (tertiary/aromatic N) is 3. The average Bonchev–Trinajstić information content (AvgIpc) is 2.66. The molecular weight excluding hydrogens is 274 g/mol. The first-order valence-electron chi connectivity index (χ1n) is 6.98. The van der Waals surface area contributed by atoms with E-state index in [4.69, 9.17) is 5.11 Å². The van der Waals surface area contributed by atoms with Gasteiger partial charge >= 0.3 is 5.97 Å². The summed E-state index contributed by atoms with van der Waals surface area (Å²) in [7, 11) is 0. The fourth-order valence-electron chi connectivity index (χ4n) is 2.97. The highest BCUT2D eigenvalue weighted by Crippen LogP contribution is 2.69. The normalized spacial score (nSPS) is 20.1. The van der Waals surface area contributed by atoms with E-state index in [1.54, 1.807) is 0 Å². The summed E-state index contributed by atoms with van der Waals surface area (Å²) < 4.78 is 2.11. The molecule has 1 heterocycles. The van der Waals surface area contributed by atoms with Crippen molar-refractivity contribution in [3.63, 3.8) is 0 Å². The first kappa shape index (κ1) is 15.4. The molecule has 6 heteroatoms. The van der Waals surface area contributed by atoms with Gasteiger partial charge in [-0.2, -0.15) is 0 Å². The van der Waals surface area contributed by atoms with Crippen molar-refractivity contribution in [3.8, 4) is 0 Å².